The Morgan fingerprint density at radius 1 is 1.22 bits per heavy atom. The molecule has 10 heteroatoms. The second-order valence-corrected chi connectivity index (χ2v) is 9.88. The van der Waals surface area contributed by atoms with Gasteiger partial charge < -0.3 is 15.7 Å². The minimum Gasteiger partial charge on any atom is -0.392 e. The van der Waals surface area contributed by atoms with Gasteiger partial charge in [0, 0.05) is 42.4 Å². The molecule has 1 saturated carbocycles. The topological polar surface area (TPSA) is 132 Å². The van der Waals surface area contributed by atoms with Gasteiger partial charge in [-0.1, -0.05) is 18.9 Å². The van der Waals surface area contributed by atoms with Crippen molar-refractivity contribution in [3.8, 4) is 17.3 Å². The van der Waals surface area contributed by atoms with Crippen LogP contribution >= 0.6 is 0 Å². The number of likely N-dealkylation sites (tertiary alicyclic amines) is 1. The summed E-state index contributed by atoms with van der Waals surface area (Å²) in [5.74, 6) is 0.808. The standard InChI is InChI=1S/C27H32N8O2/c28-11-8-25(19-4-1-2-5-19)35-16-20(15-30-35)24-9-12-29-27(33-24)32-22-7-3-6-21(14-22)31-26(37)18-34-13-10-23(36)17-34/h3,6-7,9,12,14-16,19,23,25,36H,1-2,4-5,8,10,13,17-18H2,(H,31,37)(H,29,32,33). The number of anilines is 3. The van der Waals surface area contributed by atoms with Gasteiger partial charge in [-0.15, -0.1) is 0 Å². The molecule has 1 aliphatic heterocycles. The molecule has 2 atom stereocenters. The first-order valence-corrected chi connectivity index (χ1v) is 12.9. The van der Waals surface area contributed by atoms with E-state index in [1.807, 2.05) is 46.1 Å². The fourth-order valence-electron chi connectivity index (χ4n) is 5.31. The van der Waals surface area contributed by atoms with Crippen LogP contribution in [0.3, 0.4) is 0 Å². The van der Waals surface area contributed by atoms with Crippen molar-refractivity contribution in [1.82, 2.24) is 24.6 Å². The minimum absolute atomic E-state index is 0.0918. The van der Waals surface area contributed by atoms with Crippen LogP contribution < -0.4 is 10.6 Å². The molecular formula is C27H32N8O2. The maximum Gasteiger partial charge on any atom is 0.238 e. The van der Waals surface area contributed by atoms with Crippen LogP contribution in [0.4, 0.5) is 17.3 Å². The molecule has 3 N–H and O–H groups in total. The van der Waals surface area contributed by atoms with Gasteiger partial charge in [0.2, 0.25) is 11.9 Å². The number of aliphatic hydroxyl groups excluding tert-OH is 1. The second kappa shape index (κ2) is 11.5. The molecule has 37 heavy (non-hydrogen) atoms. The third-order valence-electron chi connectivity index (χ3n) is 7.15. The maximum absolute atomic E-state index is 12.4. The summed E-state index contributed by atoms with van der Waals surface area (Å²) in [6.45, 7) is 1.51. The quantitative estimate of drug-likeness (QED) is 0.405. The van der Waals surface area contributed by atoms with Crippen LogP contribution in [0.5, 0.6) is 0 Å². The van der Waals surface area contributed by atoms with Gasteiger partial charge in [-0.05, 0) is 49.4 Å². The number of nitriles is 1. The third-order valence-corrected chi connectivity index (χ3v) is 7.15. The van der Waals surface area contributed by atoms with Crippen molar-refractivity contribution in [3.63, 3.8) is 0 Å². The molecule has 1 aliphatic carbocycles. The van der Waals surface area contributed by atoms with Crippen molar-refractivity contribution < 1.29 is 9.90 Å². The Balaban J connectivity index is 1.24. The molecule has 192 valence electrons. The monoisotopic (exact) mass is 500 g/mol. The molecule has 0 spiro atoms. The largest absolute Gasteiger partial charge is 0.392 e. The van der Waals surface area contributed by atoms with Gasteiger partial charge in [0.05, 0.1) is 43.1 Å². The Kier molecular flexibility index (Phi) is 7.73. The number of nitrogens with zero attached hydrogens (tertiary/aromatic N) is 6. The first kappa shape index (κ1) is 24.9. The lowest BCUT2D eigenvalue weighted by Gasteiger charge is -2.21. The number of benzene rings is 1. The number of amides is 1. The van der Waals surface area contributed by atoms with Gasteiger partial charge in [-0.2, -0.15) is 10.4 Å². The summed E-state index contributed by atoms with van der Waals surface area (Å²) >= 11 is 0. The molecule has 5 rings (SSSR count). The van der Waals surface area contributed by atoms with Crippen LogP contribution in [0.2, 0.25) is 0 Å². The predicted octanol–water partition coefficient (Wildman–Crippen LogP) is 3.73. The average molecular weight is 501 g/mol. The van der Waals surface area contributed by atoms with Crippen LogP contribution in [0, 0.1) is 17.2 Å². The van der Waals surface area contributed by atoms with Crippen molar-refractivity contribution in [2.75, 3.05) is 30.3 Å². The number of hydrogen-bond acceptors (Lipinski definition) is 8. The lowest BCUT2D eigenvalue weighted by atomic mass is 9.96. The van der Waals surface area contributed by atoms with Gasteiger partial charge in [0.1, 0.15) is 0 Å². The highest BCUT2D eigenvalue weighted by Crippen LogP contribution is 2.36. The van der Waals surface area contributed by atoms with Crippen LogP contribution in [-0.2, 0) is 4.79 Å². The molecule has 2 aliphatic rings. The Morgan fingerprint density at radius 2 is 2.05 bits per heavy atom. The van der Waals surface area contributed by atoms with Gasteiger partial charge in [0.25, 0.3) is 0 Å². The molecular weight excluding hydrogens is 468 g/mol. The first-order valence-electron chi connectivity index (χ1n) is 12.9. The average Bonchev–Trinajstić information content (AvgIpc) is 3.66. The SMILES string of the molecule is N#CCC(C1CCCC1)n1cc(-c2ccnc(Nc3cccc(NC(=O)CN4CCC(O)C4)c3)n2)cn1. The Labute approximate surface area is 216 Å². The van der Waals surface area contributed by atoms with E-state index in [2.05, 4.69) is 31.8 Å². The summed E-state index contributed by atoms with van der Waals surface area (Å²) < 4.78 is 1.93. The Bertz CT molecular complexity index is 1260. The van der Waals surface area contributed by atoms with Crippen molar-refractivity contribution in [1.29, 1.82) is 5.26 Å². The molecule has 2 unspecified atom stereocenters. The number of carbonyl (C=O) groups is 1. The Hall–Kier alpha value is -3.81. The number of carbonyl (C=O) groups excluding carboxylic acids is 1. The molecule has 0 bridgehead atoms. The summed E-state index contributed by atoms with van der Waals surface area (Å²) in [5, 5.41) is 29.7. The molecule has 2 fully saturated rings. The summed E-state index contributed by atoms with van der Waals surface area (Å²) in [7, 11) is 0. The summed E-state index contributed by atoms with van der Waals surface area (Å²) in [4.78, 5) is 23.4. The summed E-state index contributed by atoms with van der Waals surface area (Å²) in [5.41, 5.74) is 3.03. The highest BCUT2D eigenvalue weighted by atomic mass is 16.3. The third kappa shape index (κ3) is 6.31. The van der Waals surface area contributed by atoms with E-state index in [0.717, 1.165) is 36.3 Å². The van der Waals surface area contributed by atoms with Crippen molar-refractivity contribution in [2.45, 2.75) is 50.7 Å². The molecule has 2 aromatic heterocycles. The summed E-state index contributed by atoms with van der Waals surface area (Å²) in [6.07, 6.45) is 11.0. The summed E-state index contributed by atoms with van der Waals surface area (Å²) in [6, 6.07) is 11.7. The van der Waals surface area contributed by atoms with Gasteiger partial charge in [-0.3, -0.25) is 14.4 Å². The molecule has 3 aromatic rings. The highest BCUT2D eigenvalue weighted by molar-refractivity contribution is 5.92. The Morgan fingerprint density at radius 3 is 2.84 bits per heavy atom. The number of aromatic nitrogens is 4. The van der Waals surface area contributed by atoms with E-state index in [-0.39, 0.29) is 24.6 Å². The molecule has 1 saturated heterocycles. The van der Waals surface area contributed by atoms with Gasteiger partial charge in [-0.25, -0.2) is 9.97 Å². The van der Waals surface area contributed by atoms with E-state index in [1.54, 1.807) is 12.4 Å². The van der Waals surface area contributed by atoms with Crippen LogP contribution in [-0.4, -0.2) is 61.4 Å². The van der Waals surface area contributed by atoms with Crippen molar-refractivity contribution in [2.24, 2.45) is 5.92 Å². The zero-order valence-electron chi connectivity index (χ0n) is 20.8. The van der Waals surface area contributed by atoms with Crippen molar-refractivity contribution in [3.05, 3.63) is 48.9 Å². The fourth-order valence-corrected chi connectivity index (χ4v) is 5.31. The number of aliphatic hydroxyl groups is 1. The second-order valence-electron chi connectivity index (χ2n) is 9.88. The number of β-amino-alcohol motifs (C(OH)–C–C–N with tert-alkyl or cyclic N) is 1. The van der Waals surface area contributed by atoms with Crippen LogP contribution in [0.25, 0.3) is 11.3 Å². The lowest BCUT2D eigenvalue weighted by molar-refractivity contribution is -0.117. The normalized spacial score (nSPS) is 19.0. The molecule has 1 amide bonds. The predicted molar refractivity (Wildman–Crippen MR) is 140 cm³/mol. The minimum atomic E-state index is -0.350. The molecule has 1 aromatic carbocycles. The molecule has 10 nitrogen and oxygen atoms in total. The van der Waals surface area contributed by atoms with Gasteiger partial charge in [0.15, 0.2) is 0 Å². The zero-order valence-corrected chi connectivity index (χ0v) is 20.8. The number of hydrogen-bond donors (Lipinski definition) is 3. The zero-order chi connectivity index (χ0) is 25.6. The number of nitrogens with one attached hydrogen (secondary N) is 2. The highest BCUT2D eigenvalue weighted by Gasteiger charge is 2.27. The van der Waals surface area contributed by atoms with Crippen molar-refractivity contribution >= 4 is 23.2 Å². The van der Waals surface area contributed by atoms with E-state index in [9.17, 15) is 15.2 Å². The molecule has 0 radical (unpaired) electrons. The first-order chi connectivity index (χ1) is 18.1. The van der Waals surface area contributed by atoms with E-state index < -0.39 is 0 Å². The van der Waals surface area contributed by atoms with Crippen LogP contribution in [0.15, 0.2) is 48.9 Å². The lowest BCUT2D eigenvalue weighted by Crippen LogP contribution is -2.32. The van der Waals surface area contributed by atoms with E-state index >= 15 is 0 Å². The number of rotatable bonds is 9. The fraction of sp³-hybridized carbons (Fsp3) is 0.444. The van der Waals surface area contributed by atoms with E-state index in [4.69, 9.17) is 0 Å². The molecule has 3 heterocycles. The maximum atomic E-state index is 12.4. The van der Waals surface area contributed by atoms with E-state index in [1.165, 1.54) is 12.8 Å². The van der Waals surface area contributed by atoms with Crippen LogP contribution in [0.1, 0.15) is 44.6 Å². The van der Waals surface area contributed by atoms with E-state index in [0.29, 0.717) is 36.9 Å². The van der Waals surface area contributed by atoms with Gasteiger partial charge >= 0.3 is 0 Å². The smallest absolute Gasteiger partial charge is 0.238 e.